The standard InChI is InChI=1S/C24H26ClNO3/c1-17-7-6-8-18(11-17)16-29-24-21(25)12-19(13-23(24)28-2)14-26-15-22(27)20-9-4-3-5-10-20/h3-13,22,26-27H,14-16H2,1-2H3/t22-/m1/s1. The molecule has 0 aliphatic heterocycles. The molecule has 0 saturated carbocycles. The van der Waals surface area contributed by atoms with Crippen LogP contribution >= 0.6 is 11.6 Å². The number of hydrogen-bond acceptors (Lipinski definition) is 4. The molecule has 3 aromatic rings. The van der Waals surface area contributed by atoms with Gasteiger partial charge in [-0.05, 0) is 35.7 Å². The number of hydrogen-bond donors (Lipinski definition) is 2. The maximum atomic E-state index is 10.3. The first-order valence-electron chi connectivity index (χ1n) is 9.55. The molecular formula is C24H26ClNO3. The van der Waals surface area contributed by atoms with E-state index < -0.39 is 6.10 Å². The van der Waals surface area contributed by atoms with Gasteiger partial charge in [0.15, 0.2) is 11.5 Å². The van der Waals surface area contributed by atoms with E-state index in [-0.39, 0.29) is 0 Å². The third kappa shape index (κ3) is 5.97. The summed E-state index contributed by atoms with van der Waals surface area (Å²) in [4.78, 5) is 0. The van der Waals surface area contributed by atoms with Crippen molar-refractivity contribution in [3.8, 4) is 11.5 Å². The summed E-state index contributed by atoms with van der Waals surface area (Å²) in [6.07, 6.45) is -0.564. The zero-order valence-electron chi connectivity index (χ0n) is 16.7. The van der Waals surface area contributed by atoms with E-state index in [1.807, 2.05) is 67.6 Å². The second kappa shape index (κ2) is 10.3. The Morgan fingerprint density at radius 2 is 1.79 bits per heavy atom. The molecular weight excluding hydrogens is 386 g/mol. The van der Waals surface area contributed by atoms with Crippen LogP contribution in [0.5, 0.6) is 11.5 Å². The number of ether oxygens (including phenoxy) is 2. The quantitative estimate of drug-likeness (QED) is 0.516. The van der Waals surface area contributed by atoms with Gasteiger partial charge in [0, 0.05) is 13.1 Å². The molecule has 0 heterocycles. The molecule has 3 aromatic carbocycles. The van der Waals surface area contributed by atoms with Crippen molar-refractivity contribution in [3.05, 3.63) is 94.0 Å². The summed E-state index contributed by atoms with van der Waals surface area (Å²) in [5.74, 6) is 1.12. The normalized spacial score (nSPS) is 11.9. The van der Waals surface area contributed by atoms with E-state index in [0.29, 0.717) is 36.2 Å². The van der Waals surface area contributed by atoms with Crippen molar-refractivity contribution in [2.75, 3.05) is 13.7 Å². The van der Waals surface area contributed by atoms with E-state index in [1.54, 1.807) is 7.11 Å². The summed E-state index contributed by atoms with van der Waals surface area (Å²) in [5.41, 5.74) is 4.09. The van der Waals surface area contributed by atoms with Crippen molar-refractivity contribution in [3.63, 3.8) is 0 Å². The minimum absolute atomic E-state index is 0.415. The zero-order valence-corrected chi connectivity index (χ0v) is 17.4. The first-order chi connectivity index (χ1) is 14.1. The smallest absolute Gasteiger partial charge is 0.180 e. The molecule has 152 valence electrons. The van der Waals surface area contributed by atoms with Gasteiger partial charge in [-0.2, -0.15) is 0 Å². The van der Waals surface area contributed by atoms with Gasteiger partial charge in [-0.25, -0.2) is 0 Å². The van der Waals surface area contributed by atoms with Gasteiger partial charge in [-0.15, -0.1) is 0 Å². The zero-order chi connectivity index (χ0) is 20.6. The van der Waals surface area contributed by atoms with Crippen LogP contribution in [0, 0.1) is 6.92 Å². The van der Waals surface area contributed by atoms with Crippen molar-refractivity contribution in [1.82, 2.24) is 5.32 Å². The van der Waals surface area contributed by atoms with Crippen molar-refractivity contribution in [1.29, 1.82) is 0 Å². The summed E-state index contributed by atoms with van der Waals surface area (Å²) in [5, 5.41) is 14.0. The third-order valence-corrected chi connectivity index (χ3v) is 4.89. The molecule has 0 aliphatic carbocycles. The van der Waals surface area contributed by atoms with Crippen LogP contribution in [0.3, 0.4) is 0 Å². The van der Waals surface area contributed by atoms with Gasteiger partial charge in [0.2, 0.25) is 0 Å². The number of aliphatic hydroxyl groups is 1. The first-order valence-corrected chi connectivity index (χ1v) is 9.93. The van der Waals surface area contributed by atoms with Crippen molar-refractivity contribution < 1.29 is 14.6 Å². The lowest BCUT2D eigenvalue weighted by atomic mass is 10.1. The molecule has 3 rings (SSSR count). The number of aryl methyl sites for hydroxylation is 1. The molecule has 0 bridgehead atoms. The van der Waals surface area contributed by atoms with E-state index in [0.717, 1.165) is 16.7 Å². The van der Waals surface area contributed by atoms with Gasteiger partial charge in [0.05, 0.1) is 18.2 Å². The lowest BCUT2D eigenvalue weighted by Crippen LogP contribution is -2.21. The summed E-state index contributed by atoms with van der Waals surface area (Å²) < 4.78 is 11.4. The predicted molar refractivity (Wildman–Crippen MR) is 117 cm³/mol. The average molecular weight is 412 g/mol. The maximum absolute atomic E-state index is 10.3. The lowest BCUT2D eigenvalue weighted by Gasteiger charge is -2.16. The van der Waals surface area contributed by atoms with Crippen LogP contribution in [0.2, 0.25) is 5.02 Å². The molecule has 0 unspecified atom stereocenters. The van der Waals surface area contributed by atoms with Crippen LogP contribution in [0.15, 0.2) is 66.7 Å². The molecule has 0 aliphatic rings. The number of benzene rings is 3. The van der Waals surface area contributed by atoms with E-state index in [9.17, 15) is 5.11 Å². The highest BCUT2D eigenvalue weighted by atomic mass is 35.5. The van der Waals surface area contributed by atoms with Crippen LogP contribution in [-0.2, 0) is 13.2 Å². The number of halogens is 1. The molecule has 0 aromatic heterocycles. The molecule has 0 radical (unpaired) electrons. The van der Waals surface area contributed by atoms with E-state index >= 15 is 0 Å². The van der Waals surface area contributed by atoms with E-state index in [1.165, 1.54) is 5.56 Å². The number of aliphatic hydroxyl groups excluding tert-OH is 1. The van der Waals surface area contributed by atoms with Gasteiger partial charge in [0.25, 0.3) is 0 Å². The Morgan fingerprint density at radius 3 is 2.52 bits per heavy atom. The Bertz CT molecular complexity index is 931. The van der Waals surface area contributed by atoms with Gasteiger partial charge < -0.3 is 19.9 Å². The summed E-state index contributed by atoms with van der Waals surface area (Å²) in [7, 11) is 1.60. The fraction of sp³-hybridized carbons (Fsp3) is 0.250. The molecule has 0 saturated heterocycles. The van der Waals surface area contributed by atoms with Crippen LogP contribution in [0.25, 0.3) is 0 Å². The van der Waals surface area contributed by atoms with Gasteiger partial charge in [0.1, 0.15) is 6.61 Å². The molecule has 0 amide bonds. The van der Waals surface area contributed by atoms with Gasteiger partial charge >= 0.3 is 0 Å². The Hall–Kier alpha value is -2.53. The molecule has 0 fully saturated rings. The molecule has 4 nitrogen and oxygen atoms in total. The van der Waals surface area contributed by atoms with Crippen LogP contribution in [0.1, 0.15) is 28.4 Å². The lowest BCUT2D eigenvalue weighted by molar-refractivity contribution is 0.174. The number of rotatable bonds is 9. The molecule has 2 N–H and O–H groups in total. The Balaban J connectivity index is 1.61. The fourth-order valence-corrected chi connectivity index (χ4v) is 3.41. The number of methoxy groups -OCH3 is 1. The maximum Gasteiger partial charge on any atom is 0.180 e. The Morgan fingerprint density at radius 1 is 1.00 bits per heavy atom. The van der Waals surface area contributed by atoms with Gasteiger partial charge in [-0.3, -0.25) is 0 Å². The Labute approximate surface area is 177 Å². The Kier molecular flexibility index (Phi) is 7.53. The monoisotopic (exact) mass is 411 g/mol. The molecule has 29 heavy (non-hydrogen) atoms. The van der Waals surface area contributed by atoms with Crippen LogP contribution < -0.4 is 14.8 Å². The van der Waals surface area contributed by atoms with Crippen LogP contribution in [0.4, 0.5) is 0 Å². The van der Waals surface area contributed by atoms with Crippen LogP contribution in [-0.4, -0.2) is 18.8 Å². The van der Waals surface area contributed by atoms with Crippen molar-refractivity contribution >= 4 is 11.6 Å². The highest BCUT2D eigenvalue weighted by Crippen LogP contribution is 2.37. The molecule has 1 atom stereocenters. The summed E-state index contributed by atoms with van der Waals surface area (Å²) in [6, 6.07) is 21.5. The molecule has 5 heteroatoms. The third-order valence-electron chi connectivity index (χ3n) is 4.61. The van der Waals surface area contributed by atoms with Crippen molar-refractivity contribution in [2.45, 2.75) is 26.2 Å². The predicted octanol–water partition coefficient (Wildman–Crippen LogP) is 5.06. The van der Waals surface area contributed by atoms with E-state index in [4.69, 9.17) is 21.1 Å². The van der Waals surface area contributed by atoms with Crippen molar-refractivity contribution in [2.24, 2.45) is 0 Å². The molecule has 0 spiro atoms. The summed E-state index contributed by atoms with van der Waals surface area (Å²) >= 11 is 6.47. The highest BCUT2D eigenvalue weighted by molar-refractivity contribution is 6.32. The second-order valence-corrected chi connectivity index (χ2v) is 7.35. The minimum Gasteiger partial charge on any atom is -0.493 e. The average Bonchev–Trinajstić information content (AvgIpc) is 2.73. The van der Waals surface area contributed by atoms with E-state index in [2.05, 4.69) is 11.4 Å². The first kappa shape index (κ1) is 21.2. The SMILES string of the molecule is COc1cc(CNC[C@@H](O)c2ccccc2)cc(Cl)c1OCc1cccc(C)c1. The largest absolute Gasteiger partial charge is 0.493 e. The summed E-state index contributed by atoms with van der Waals surface area (Å²) in [6.45, 7) is 3.46. The second-order valence-electron chi connectivity index (χ2n) is 6.94. The van der Waals surface area contributed by atoms with Gasteiger partial charge in [-0.1, -0.05) is 71.8 Å². The topological polar surface area (TPSA) is 50.7 Å². The highest BCUT2D eigenvalue weighted by Gasteiger charge is 2.13. The fourth-order valence-electron chi connectivity index (χ4n) is 3.12. The number of nitrogens with one attached hydrogen (secondary N) is 1. The minimum atomic E-state index is -0.564.